The number of rotatable bonds is 6. The van der Waals surface area contributed by atoms with Crippen molar-refractivity contribution in [2.45, 2.75) is 6.61 Å². The number of nitrogens with zero attached hydrogens (tertiary/aromatic N) is 6. The zero-order valence-electron chi connectivity index (χ0n) is 18.8. The number of hydrogen-bond acceptors (Lipinski definition) is 8. The van der Waals surface area contributed by atoms with Gasteiger partial charge in [-0.2, -0.15) is 0 Å². The first-order valence-electron chi connectivity index (χ1n) is 10.6. The average Bonchev–Trinajstić information content (AvgIpc) is 3.30. The normalized spacial score (nSPS) is 13.5. The fraction of sp³-hybridized carbons (Fsp3) is 0.318. The molecule has 1 saturated heterocycles. The third kappa shape index (κ3) is 5.72. The van der Waals surface area contributed by atoms with Crippen LogP contribution in [0.2, 0.25) is 5.02 Å². The van der Waals surface area contributed by atoms with Crippen LogP contribution in [-0.4, -0.2) is 77.2 Å². The van der Waals surface area contributed by atoms with E-state index in [2.05, 4.69) is 20.5 Å². The maximum absolute atomic E-state index is 13.0. The molecule has 1 aromatic carbocycles. The van der Waals surface area contributed by atoms with Gasteiger partial charge >= 0.3 is 6.03 Å². The molecule has 3 aromatic rings. The van der Waals surface area contributed by atoms with Gasteiger partial charge in [0.2, 0.25) is 5.13 Å². The molecule has 34 heavy (non-hydrogen) atoms. The zero-order valence-corrected chi connectivity index (χ0v) is 20.3. The Morgan fingerprint density at radius 3 is 2.56 bits per heavy atom. The smallest absolute Gasteiger partial charge is 0.319 e. The quantitative estimate of drug-likeness (QED) is 0.553. The Morgan fingerprint density at radius 1 is 1.12 bits per heavy atom. The lowest BCUT2D eigenvalue weighted by Gasteiger charge is -2.37. The molecule has 0 atom stereocenters. The molecule has 178 valence electrons. The number of piperazine rings is 1. The van der Waals surface area contributed by atoms with Gasteiger partial charge in [0, 0.05) is 51.5 Å². The van der Waals surface area contributed by atoms with Gasteiger partial charge in [0.15, 0.2) is 0 Å². The summed E-state index contributed by atoms with van der Waals surface area (Å²) >= 11 is 7.04. The van der Waals surface area contributed by atoms with Crippen molar-refractivity contribution in [3.63, 3.8) is 0 Å². The van der Waals surface area contributed by atoms with Crippen molar-refractivity contribution in [1.82, 2.24) is 25.0 Å². The van der Waals surface area contributed by atoms with Gasteiger partial charge in [-0.15, -0.1) is 5.10 Å². The third-order valence-electron chi connectivity index (χ3n) is 5.17. The standard InChI is InChI=1S/C22H24ClN7O3S/c1-28(2)22(32)30-12-10-29(11-13-30)18-17(4-3-9-24-18)19(31)25-20-26-27-21(34-20)33-14-15-5-7-16(23)8-6-15/h3-9H,10-14H2,1-2H3,(H,25,26,31). The molecule has 1 fully saturated rings. The monoisotopic (exact) mass is 501 g/mol. The van der Waals surface area contributed by atoms with Gasteiger partial charge in [0.05, 0.1) is 5.56 Å². The molecule has 12 heteroatoms. The lowest BCUT2D eigenvalue weighted by molar-refractivity contribution is 0.102. The van der Waals surface area contributed by atoms with Crippen molar-refractivity contribution in [3.05, 3.63) is 58.7 Å². The largest absolute Gasteiger partial charge is 0.464 e. The number of carbonyl (C=O) groups excluding carboxylic acids is 2. The molecule has 0 aliphatic carbocycles. The highest BCUT2D eigenvalue weighted by molar-refractivity contribution is 7.17. The predicted molar refractivity (Wildman–Crippen MR) is 131 cm³/mol. The second-order valence-electron chi connectivity index (χ2n) is 7.77. The van der Waals surface area contributed by atoms with E-state index in [1.165, 1.54) is 0 Å². The number of carbonyl (C=O) groups is 2. The molecule has 0 saturated carbocycles. The van der Waals surface area contributed by atoms with Gasteiger partial charge in [-0.3, -0.25) is 10.1 Å². The van der Waals surface area contributed by atoms with Gasteiger partial charge in [-0.05, 0) is 41.2 Å². The number of amides is 3. The Kier molecular flexibility index (Phi) is 7.43. The minimum absolute atomic E-state index is 0.0241. The van der Waals surface area contributed by atoms with E-state index in [-0.39, 0.29) is 11.9 Å². The summed E-state index contributed by atoms with van der Waals surface area (Å²) in [4.78, 5) is 35.0. The molecular formula is C22H24ClN7O3S. The average molecular weight is 502 g/mol. The highest BCUT2D eigenvalue weighted by Gasteiger charge is 2.26. The number of nitrogens with one attached hydrogen (secondary N) is 1. The number of hydrogen-bond donors (Lipinski definition) is 1. The number of halogens is 1. The van der Waals surface area contributed by atoms with Crippen molar-refractivity contribution >= 4 is 45.8 Å². The molecule has 1 aliphatic heterocycles. The molecule has 3 heterocycles. The fourth-order valence-corrected chi connectivity index (χ4v) is 4.14. The summed E-state index contributed by atoms with van der Waals surface area (Å²) in [5.74, 6) is 0.232. The molecule has 0 unspecified atom stereocenters. The Balaban J connectivity index is 1.37. The van der Waals surface area contributed by atoms with E-state index in [1.807, 2.05) is 17.0 Å². The summed E-state index contributed by atoms with van der Waals surface area (Å²) in [6.45, 7) is 2.59. The minimum Gasteiger partial charge on any atom is -0.464 e. The molecule has 0 bridgehead atoms. The first kappa shape index (κ1) is 23.7. The van der Waals surface area contributed by atoms with Crippen LogP contribution in [0.3, 0.4) is 0 Å². The summed E-state index contributed by atoms with van der Waals surface area (Å²) in [6.07, 6.45) is 1.65. The Hall–Kier alpha value is -3.44. The highest BCUT2D eigenvalue weighted by Crippen LogP contribution is 2.26. The maximum Gasteiger partial charge on any atom is 0.319 e. The lowest BCUT2D eigenvalue weighted by Crippen LogP contribution is -2.52. The van der Waals surface area contributed by atoms with E-state index in [9.17, 15) is 9.59 Å². The predicted octanol–water partition coefficient (Wildman–Crippen LogP) is 3.22. The Bertz CT molecular complexity index is 1150. The van der Waals surface area contributed by atoms with Gasteiger partial charge in [-0.25, -0.2) is 9.78 Å². The number of urea groups is 1. The molecule has 3 amide bonds. The number of aromatic nitrogens is 3. The minimum atomic E-state index is -0.338. The summed E-state index contributed by atoms with van der Waals surface area (Å²) in [6, 6.07) is 10.7. The van der Waals surface area contributed by atoms with Crippen LogP contribution in [0.25, 0.3) is 0 Å². The second kappa shape index (κ2) is 10.7. The Morgan fingerprint density at radius 2 is 1.85 bits per heavy atom. The summed E-state index contributed by atoms with van der Waals surface area (Å²) in [5, 5.41) is 12.1. The van der Waals surface area contributed by atoms with Crippen molar-refractivity contribution in [3.8, 4) is 5.19 Å². The van der Waals surface area contributed by atoms with Gasteiger partial charge in [0.25, 0.3) is 11.1 Å². The number of anilines is 2. The first-order chi connectivity index (χ1) is 16.4. The third-order valence-corrected chi connectivity index (χ3v) is 6.17. The summed E-state index contributed by atoms with van der Waals surface area (Å²) < 4.78 is 5.66. The molecule has 10 nitrogen and oxygen atoms in total. The molecule has 1 N–H and O–H groups in total. The van der Waals surface area contributed by atoms with E-state index in [0.717, 1.165) is 16.9 Å². The Labute approximate surface area is 206 Å². The first-order valence-corrected chi connectivity index (χ1v) is 11.8. The number of pyridine rings is 1. The second-order valence-corrected chi connectivity index (χ2v) is 9.14. The van der Waals surface area contributed by atoms with Crippen molar-refractivity contribution in [1.29, 1.82) is 0 Å². The molecule has 1 aliphatic rings. The molecule has 2 aromatic heterocycles. The highest BCUT2D eigenvalue weighted by atomic mass is 35.5. The summed E-state index contributed by atoms with van der Waals surface area (Å²) in [7, 11) is 3.47. The fourth-order valence-electron chi connectivity index (χ4n) is 3.43. The zero-order chi connectivity index (χ0) is 24.1. The van der Waals surface area contributed by atoms with Crippen LogP contribution in [0.15, 0.2) is 42.6 Å². The van der Waals surface area contributed by atoms with Crippen LogP contribution in [-0.2, 0) is 6.61 Å². The van der Waals surface area contributed by atoms with Crippen molar-refractivity contribution < 1.29 is 14.3 Å². The van der Waals surface area contributed by atoms with Crippen LogP contribution in [0.5, 0.6) is 5.19 Å². The van der Waals surface area contributed by atoms with E-state index in [1.54, 1.807) is 54.4 Å². The summed E-state index contributed by atoms with van der Waals surface area (Å²) in [5.41, 5.74) is 1.37. The van der Waals surface area contributed by atoms with Crippen LogP contribution < -0.4 is 15.0 Å². The number of ether oxygens (including phenoxy) is 1. The molecular weight excluding hydrogens is 478 g/mol. The lowest BCUT2D eigenvalue weighted by atomic mass is 10.2. The number of benzene rings is 1. The van der Waals surface area contributed by atoms with Crippen LogP contribution in [0, 0.1) is 0 Å². The molecule has 0 spiro atoms. The van der Waals surface area contributed by atoms with Crippen LogP contribution >= 0.6 is 22.9 Å². The maximum atomic E-state index is 13.0. The van der Waals surface area contributed by atoms with Gasteiger partial charge < -0.3 is 19.4 Å². The van der Waals surface area contributed by atoms with Crippen LogP contribution in [0.4, 0.5) is 15.7 Å². The molecule has 4 rings (SSSR count). The topological polar surface area (TPSA) is 104 Å². The van der Waals surface area contributed by atoms with E-state index < -0.39 is 0 Å². The van der Waals surface area contributed by atoms with Gasteiger partial charge in [0.1, 0.15) is 12.4 Å². The molecule has 0 radical (unpaired) electrons. The van der Waals surface area contributed by atoms with Crippen molar-refractivity contribution in [2.75, 3.05) is 50.5 Å². The van der Waals surface area contributed by atoms with Crippen molar-refractivity contribution in [2.24, 2.45) is 0 Å². The van der Waals surface area contributed by atoms with Crippen LogP contribution in [0.1, 0.15) is 15.9 Å². The van der Waals surface area contributed by atoms with E-state index >= 15 is 0 Å². The van der Waals surface area contributed by atoms with Gasteiger partial charge in [-0.1, -0.05) is 28.8 Å². The van der Waals surface area contributed by atoms with E-state index in [4.69, 9.17) is 16.3 Å². The van der Waals surface area contributed by atoms with E-state index in [0.29, 0.717) is 59.5 Å². The SMILES string of the molecule is CN(C)C(=O)N1CCN(c2ncccc2C(=O)Nc2nnc(OCc3ccc(Cl)cc3)s2)CC1.